The lowest BCUT2D eigenvalue weighted by Gasteiger charge is -2.08. The maximum absolute atomic E-state index is 3.14. The molecule has 0 aliphatic carbocycles. The van der Waals surface area contributed by atoms with E-state index >= 15 is 0 Å². The van der Waals surface area contributed by atoms with Gasteiger partial charge in [0, 0.05) is 0 Å². The van der Waals surface area contributed by atoms with Crippen molar-refractivity contribution in [3.63, 3.8) is 0 Å². The van der Waals surface area contributed by atoms with E-state index in [1.807, 2.05) is 19.0 Å². The molecule has 7 heavy (non-hydrogen) atoms. The van der Waals surface area contributed by atoms with Crippen LogP contribution in [0, 0.1) is 12.5 Å². The van der Waals surface area contributed by atoms with E-state index in [0.717, 1.165) is 0 Å². The minimum atomic E-state index is 0.551. The van der Waals surface area contributed by atoms with Crippen LogP contribution in [-0.4, -0.2) is 19.0 Å². The first kappa shape index (κ1) is 6.96. The second-order valence-electron chi connectivity index (χ2n) is 2.18. The molecule has 42 valence electrons. The van der Waals surface area contributed by atoms with Crippen LogP contribution in [0.5, 0.6) is 0 Å². The van der Waals surface area contributed by atoms with Crippen LogP contribution in [0.25, 0.3) is 0 Å². The lowest BCUT2D eigenvalue weighted by Crippen LogP contribution is -2.10. The molecule has 1 nitrogen and oxygen atoms in total. The molecule has 0 saturated heterocycles. The highest BCUT2D eigenvalue weighted by atomic mass is 15.0. The molecule has 0 aromatic carbocycles. The zero-order valence-electron chi connectivity index (χ0n) is 5.52. The molecule has 1 heteroatoms. The average molecular weight is 99.2 g/mol. The Balaban J connectivity index is 2.95. The van der Waals surface area contributed by atoms with E-state index in [1.54, 1.807) is 0 Å². The van der Waals surface area contributed by atoms with Crippen LogP contribution in [0.1, 0.15) is 13.8 Å². The molecule has 2 radical (unpaired) electrons. The number of rotatable bonds is 2. The second-order valence-corrected chi connectivity index (χ2v) is 2.18. The Morgan fingerprint density at radius 2 is 1.71 bits per heavy atom. The van der Waals surface area contributed by atoms with Crippen molar-refractivity contribution in [2.45, 2.75) is 13.8 Å². The lowest BCUT2D eigenvalue weighted by molar-refractivity contribution is 0.435. The standard InChI is InChI=1S/C6H13N/c1-6(2)5-7(3)4/h6H,1-4H3. The molecule has 0 bridgehead atoms. The fraction of sp³-hybridized carbons (Fsp3) is 0.833. The molecule has 0 aromatic heterocycles. The van der Waals surface area contributed by atoms with Gasteiger partial charge in [0.25, 0.3) is 0 Å². The van der Waals surface area contributed by atoms with Crippen LogP contribution in [0.15, 0.2) is 0 Å². The molecule has 0 spiro atoms. The highest BCUT2D eigenvalue weighted by Crippen LogP contribution is 1.97. The third kappa shape index (κ3) is 5.96. The third-order valence-corrected chi connectivity index (χ3v) is 0.516. The summed E-state index contributed by atoms with van der Waals surface area (Å²) >= 11 is 0. The maximum Gasteiger partial charge on any atom is 0.0638 e. The van der Waals surface area contributed by atoms with Crippen molar-refractivity contribution in [1.29, 1.82) is 0 Å². The van der Waals surface area contributed by atoms with Crippen molar-refractivity contribution in [2.75, 3.05) is 14.1 Å². The van der Waals surface area contributed by atoms with Gasteiger partial charge in [0.2, 0.25) is 0 Å². The zero-order valence-corrected chi connectivity index (χ0v) is 5.52. The van der Waals surface area contributed by atoms with E-state index in [0.29, 0.717) is 5.92 Å². The maximum atomic E-state index is 3.14. The molecule has 0 amide bonds. The van der Waals surface area contributed by atoms with Gasteiger partial charge in [-0.25, -0.2) is 0 Å². The summed E-state index contributed by atoms with van der Waals surface area (Å²) in [6.45, 7) is 7.36. The zero-order chi connectivity index (χ0) is 5.86. The third-order valence-electron chi connectivity index (χ3n) is 0.516. The van der Waals surface area contributed by atoms with E-state index in [-0.39, 0.29) is 0 Å². The van der Waals surface area contributed by atoms with Crippen LogP contribution in [-0.2, 0) is 0 Å². The highest BCUT2D eigenvalue weighted by molar-refractivity contribution is 4.63. The first-order valence-corrected chi connectivity index (χ1v) is 2.56. The van der Waals surface area contributed by atoms with Gasteiger partial charge in [-0.1, -0.05) is 13.8 Å². The molecule has 0 unspecified atom stereocenters. The second kappa shape index (κ2) is 3.03. The summed E-state index contributed by atoms with van der Waals surface area (Å²) in [5.41, 5.74) is 0. The van der Waals surface area contributed by atoms with Crippen LogP contribution < -0.4 is 0 Å². The minimum absolute atomic E-state index is 0.551. The van der Waals surface area contributed by atoms with Crippen molar-refractivity contribution >= 4 is 0 Å². The Hall–Kier alpha value is -0.0400. The fourth-order valence-electron chi connectivity index (χ4n) is 0.516. The number of hydrogen-bond donors (Lipinski definition) is 0. The predicted molar refractivity (Wildman–Crippen MR) is 31.8 cm³/mol. The van der Waals surface area contributed by atoms with Gasteiger partial charge in [0.15, 0.2) is 0 Å². The van der Waals surface area contributed by atoms with Gasteiger partial charge in [0.1, 0.15) is 0 Å². The normalized spacial score (nSPS) is 11.1. The van der Waals surface area contributed by atoms with Crippen molar-refractivity contribution in [3.05, 3.63) is 6.54 Å². The van der Waals surface area contributed by atoms with Gasteiger partial charge in [-0.15, -0.1) is 0 Å². The first-order valence-electron chi connectivity index (χ1n) is 2.56. The predicted octanol–water partition coefficient (Wildman–Crippen LogP) is 1.24. The smallest absolute Gasteiger partial charge is 0.0638 e. The van der Waals surface area contributed by atoms with Crippen LogP contribution in [0.4, 0.5) is 0 Å². The Bertz CT molecular complexity index is 33.4. The molecule has 0 saturated carbocycles. The van der Waals surface area contributed by atoms with Gasteiger partial charge in [-0.2, -0.15) is 0 Å². The molecule has 0 aromatic rings. The molecule has 0 atom stereocenters. The fourth-order valence-corrected chi connectivity index (χ4v) is 0.516. The van der Waals surface area contributed by atoms with E-state index in [1.165, 1.54) is 0 Å². The quantitative estimate of drug-likeness (QED) is 0.471. The molecular formula is C6H13N. The van der Waals surface area contributed by atoms with E-state index in [2.05, 4.69) is 20.4 Å². The van der Waals surface area contributed by atoms with Crippen LogP contribution in [0.2, 0.25) is 0 Å². The van der Waals surface area contributed by atoms with Gasteiger partial charge >= 0.3 is 0 Å². The summed E-state index contributed by atoms with van der Waals surface area (Å²) in [4.78, 5) is 1.95. The molecule has 0 rings (SSSR count). The van der Waals surface area contributed by atoms with Crippen LogP contribution >= 0.6 is 0 Å². The monoisotopic (exact) mass is 99.1 g/mol. The number of nitrogens with zero attached hydrogens (tertiary/aromatic N) is 1. The summed E-state index contributed by atoms with van der Waals surface area (Å²) in [7, 11) is 3.97. The molecular weight excluding hydrogens is 86.1 g/mol. The first-order chi connectivity index (χ1) is 3.13. The molecule has 0 fully saturated rings. The van der Waals surface area contributed by atoms with Crippen LogP contribution in [0.3, 0.4) is 0 Å². The Kier molecular flexibility index (Phi) is 3.01. The van der Waals surface area contributed by atoms with E-state index in [9.17, 15) is 0 Å². The summed E-state index contributed by atoms with van der Waals surface area (Å²) in [5.74, 6) is 0.551. The largest absolute Gasteiger partial charge is 0.300 e. The van der Waals surface area contributed by atoms with Gasteiger partial charge in [-0.3, -0.25) is 4.90 Å². The van der Waals surface area contributed by atoms with Crippen molar-refractivity contribution in [3.8, 4) is 0 Å². The van der Waals surface area contributed by atoms with E-state index < -0.39 is 0 Å². The van der Waals surface area contributed by atoms with Crippen molar-refractivity contribution in [2.24, 2.45) is 5.92 Å². The van der Waals surface area contributed by atoms with E-state index in [4.69, 9.17) is 0 Å². The van der Waals surface area contributed by atoms with Crippen molar-refractivity contribution in [1.82, 2.24) is 4.90 Å². The molecule has 0 aliphatic heterocycles. The molecule has 0 heterocycles. The van der Waals surface area contributed by atoms with Gasteiger partial charge in [0.05, 0.1) is 6.54 Å². The summed E-state index contributed by atoms with van der Waals surface area (Å²) in [6.07, 6.45) is 0. The van der Waals surface area contributed by atoms with Gasteiger partial charge < -0.3 is 0 Å². The topological polar surface area (TPSA) is 3.24 Å². The van der Waals surface area contributed by atoms with Crippen molar-refractivity contribution < 1.29 is 0 Å². The highest BCUT2D eigenvalue weighted by Gasteiger charge is 1.94. The SMILES string of the molecule is CC(C)[C]N(C)C. The summed E-state index contributed by atoms with van der Waals surface area (Å²) in [6, 6.07) is 0. The Labute approximate surface area is 46.3 Å². The summed E-state index contributed by atoms with van der Waals surface area (Å²) < 4.78 is 0. The lowest BCUT2D eigenvalue weighted by atomic mass is 10.2. The Morgan fingerprint density at radius 3 is 1.71 bits per heavy atom. The summed E-state index contributed by atoms with van der Waals surface area (Å²) in [5, 5.41) is 0. The average Bonchev–Trinajstić information content (AvgIpc) is 1.27. The molecule has 0 N–H and O–H groups in total. The molecule has 0 aliphatic rings. The number of hydrogen-bond acceptors (Lipinski definition) is 1. The Morgan fingerprint density at radius 1 is 1.29 bits per heavy atom. The van der Waals surface area contributed by atoms with Gasteiger partial charge in [-0.05, 0) is 20.0 Å². The minimum Gasteiger partial charge on any atom is -0.300 e.